The van der Waals surface area contributed by atoms with Gasteiger partial charge in [-0.15, -0.1) is 6.58 Å². The summed E-state index contributed by atoms with van der Waals surface area (Å²) in [4.78, 5) is 6.89. The van der Waals surface area contributed by atoms with Crippen molar-refractivity contribution in [2.75, 3.05) is 12.3 Å². The first-order valence-corrected chi connectivity index (χ1v) is 9.03. The van der Waals surface area contributed by atoms with Crippen LogP contribution in [0.2, 0.25) is 0 Å². The van der Waals surface area contributed by atoms with Crippen molar-refractivity contribution in [1.29, 1.82) is 0 Å². The van der Waals surface area contributed by atoms with Gasteiger partial charge in [0.1, 0.15) is 5.82 Å². The molecule has 0 bridgehead atoms. The van der Waals surface area contributed by atoms with Crippen molar-refractivity contribution >= 4 is 16.9 Å². The largest absolute Gasteiger partial charge is 0.343 e. The van der Waals surface area contributed by atoms with E-state index < -0.39 is 0 Å². The normalized spacial score (nSPS) is 11.3. The molecule has 0 atom stereocenters. The standard InChI is InChI=1S/C20H23FN2S/c1-3-14-22-20(24-4-2)23(15-17-8-6-5-7-9-17)16-18-10-12-19(21)13-11-18/h3,5-13H,1,4,14-16H2,2H3. The van der Waals surface area contributed by atoms with E-state index in [9.17, 15) is 4.39 Å². The highest BCUT2D eigenvalue weighted by Crippen LogP contribution is 2.17. The minimum atomic E-state index is -0.211. The topological polar surface area (TPSA) is 15.6 Å². The summed E-state index contributed by atoms with van der Waals surface area (Å²) in [5.74, 6) is 0.738. The van der Waals surface area contributed by atoms with Crippen molar-refractivity contribution in [3.8, 4) is 0 Å². The number of benzene rings is 2. The van der Waals surface area contributed by atoms with Gasteiger partial charge in [0, 0.05) is 13.1 Å². The molecule has 0 amide bonds. The highest BCUT2D eigenvalue weighted by molar-refractivity contribution is 8.13. The summed E-state index contributed by atoms with van der Waals surface area (Å²) in [6.45, 7) is 7.92. The molecule has 0 heterocycles. The maximum Gasteiger partial charge on any atom is 0.160 e. The van der Waals surface area contributed by atoms with E-state index in [1.54, 1.807) is 17.8 Å². The first-order chi connectivity index (χ1) is 11.7. The quantitative estimate of drug-likeness (QED) is 0.394. The van der Waals surface area contributed by atoms with Crippen molar-refractivity contribution in [2.45, 2.75) is 20.0 Å². The molecule has 0 aliphatic heterocycles. The van der Waals surface area contributed by atoms with Gasteiger partial charge in [0.05, 0.1) is 6.54 Å². The zero-order valence-electron chi connectivity index (χ0n) is 14.0. The zero-order valence-corrected chi connectivity index (χ0v) is 14.8. The first kappa shape index (κ1) is 18.3. The van der Waals surface area contributed by atoms with Gasteiger partial charge >= 0.3 is 0 Å². The summed E-state index contributed by atoms with van der Waals surface area (Å²) in [5.41, 5.74) is 2.29. The summed E-state index contributed by atoms with van der Waals surface area (Å²) >= 11 is 1.72. The minimum Gasteiger partial charge on any atom is -0.343 e. The van der Waals surface area contributed by atoms with E-state index in [2.05, 4.69) is 35.5 Å². The molecule has 0 saturated heterocycles. The second-order valence-electron chi connectivity index (χ2n) is 5.31. The van der Waals surface area contributed by atoms with Crippen molar-refractivity contribution < 1.29 is 4.39 Å². The predicted octanol–water partition coefficient (Wildman–Crippen LogP) is 5.12. The number of halogens is 1. The Morgan fingerprint density at radius 3 is 2.29 bits per heavy atom. The maximum absolute atomic E-state index is 13.2. The van der Waals surface area contributed by atoms with Crippen LogP contribution in [-0.2, 0) is 13.1 Å². The van der Waals surface area contributed by atoms with Gasteiger partial charge in [-0.1, -0.05) is 67.2 Å². The van der Waals surface area contributed by atoms with Crippen LogP contribution in [0.4, 0.5) is 4.39 Å². The molecule has 0 unspecified atom stereocenters. The fourth-order valence-corrected chi connectivity index (χ4v) is 3.05. The summed E-state index contributed by atoms with van der Waals surface area (Å²) in [5, 5.41) is 0.991. The van der Waals surface area contributed by atoms with Crippen LogP contribution in [0.15, 0.2) is 72.2 Å². The third kappa shape index (κ3) is 5.85. The predicted molar refractivity (Wildman–Crippen MR) is 103 cm³/mol. The first-order valence-electron chi connectivity index (χ1n) is 8.04. The number of nitrogens with zero attached hydrogens (tertiary/aromatic N) is 2. The average Bonchev–Trinajstić information content (AvgIpc) is 2.61. The van der Waals surface area contributed by atoms with Gasteiger partial charge in [0.15, 0.2) is 5.17 Å². The number of thioether (sulfide) groups is 1. The minimum absolute atomic E-state index is 0.211. The molecule has 2 aromatic rings. The summed E-state index contributed by atoms with van der Waals surface area (Å²) in [6.07, 6.45) is 1.80. The number of amidine groups is 1. The van der Waals surface area contributed by atoms with E-state index in [1.807, 2.05) is 30.3 Å². The summed E-state index contributed by atoms with van der Waals surface area (Å²) < 4.78 is 13.2. The Labute approximate surface area is 148 Å². The fourth-order valence-electron chi connectivity index (χ4n) is 2.31. The van der Waals surface area contributed by atoms with Gasteiger partial charge < -0.3 is 4.90 Å². The molecule has 126 valence electrons. The molecule has 4 heteroatoms. The van der Waals surface area contributed by atoms with Crippen LogP contribution in [-0.4, -0.2) is 22.4 Å². The number of hydrogen-bond donors (Lipinski definition) is 0. The molecule has 0 N–H and O–H groups in total. The Morgan fingerprint density at radius 2 is 1.71 bits per heavy atom. The highest BCUT2D eigenvalue weighted by Gasteiger charge is 2.13. The molecule has 24 heavy (non-hydrogen) atoms. The molecular weight excluding hydrogens is 319 g/mol. The molecular formula is C20H23FN2S. The number of hydrogen-bond acceptors (Lipinski definition) is 2. The molecule has 2 rings (SSSR count). The highest BCUT2D eigenvalue weighted by atomic mass is 32.2. The Morgan fingerprint density at radius 1 is 1.08 bits per heavy atom. The van der Waals surface area contributed by atoms with Crippen LogP contribution < -0.4 is 0 Å². The lowest BCUT2D eigenvalue weighted by molar-refractivity contribution is 0.413. The molecule has 2 nitrogen and oxygen atoms in total. The van der Waals surface area contributed by atoms with Crippen LogP contribution in [0.5, 0.6) is 0 Å². The lowest BCUT2D eigenvalue weighted by atomic mass is 10.2. The Bertz CT molecular complexity index is 653. The average molecular weight is 342 g/mol. The molecule has 0 aromatic heterocycles. The molecule has 2 aromatic carbocycles. The lowest BCUT2D eigenvalue weighted by Gasteiger charge is -2.26. The SMILES string of the molecule is C=CCN=C(SCC)N(Cc1ccccc1)Cc1ccc(F)cc1. The third-order valence-electron chi connectivity index (χ3n) is 3.40. The van der Waals surface area contributed by atoms with Gasteiger partial charge in [0.2, 0.25) is 0 Å². The number of aliphatic imine (C=N–C) groups is 1. The van der Waals surface area contributed by atoms with Crippen LogP contribution in [0, 0.1) is 5.82 Å². The van der Waals surface area contributed by atoms with Crippen molar-refractivity contribution in [1.82, 2.24) is 4.90 Å². The monoisotopic (exact) mass is 342 g/mol. The Hall–Kier alpha value is -2.07. The van der Waals surface area contributed by atoms with Crippen LogP contribution in [0.25, 0.3) is 0 Å². The van der Waals surface area contributed by atoms with Gasteiger partial charge in [-0.25, -0.2) is 4.39 Å². The molecule has 0 spiro atoms. The van der Waals surface area contributed by atoms with Gasteiger partial charge in [-0.2, -0.15) is 0 Å². The van der Waals surface area contributed by atoms with E-state index >= 15 is 0 Å². The molecule has 0 radical (unpaired) electrons. The van der Waals surface area contributed by atoms with Crippen molar-refractivity contribution in [3.05, 3.63) is 84.2 Å². The maximum atomic E-state index is 13.2. The molecule has 0 aliphatic carbocycles. The van der Waals surface area contributed by atoms with Crippen LogP contribution >= 0.6 is 11.8 Å². The van der Waals surface area contributed by atoms with E-state index in [4.69, 9.17) is 0 Å². The molecule has 0 fully saturated rings. The summed E-state index contributed by atoms with van der Waals surface area (Å²) in [6, 6.07) is 17.0. The lowest BCUT2D eigenvalue weighted by Crippen LogP contribution is -2.28. The summed E-state index contributed by atoms with van der Waals surface area (Å²) in [7, 11) is 0. The molecule has 0 saturated carbocycles. The van der Waals surface area contributed by atoms with Crippen LogP contribution in [0.3, 0.4) is 0 Å². The van der Waals surface area contributed by atoms with E-state index in [0.29, 0.717) is 13.1 Å². The van der Waals surface area contributed by atoms with Gasteiger partial charge in [0.25, 0.3) is 0 Å². The van der Waals surface area contributed by atoms with Gasteiger partial charge in [-0.3, -0.25) is 4.99 Å². The second kappa shape index (κ2) is 9.93. The number of rotatable bonds is 7. The van der Waals surface area contributed by atoms with Crippen LogP contribution in [0.1, 0.15) is 18.1 Å². The second-order valence-corrected chi connectivity index (χ2v) is 6.54. The van der Waals surface area contributed by atoms with E-state index in [0.717, 1.165) is 23.0 Å². The Kier molecular flexibility index (Phi) is 7.56. The van der Waals surface area contributed by atoms with Gasteiger partial charge in [-0.05, 0) is 29.0 Å². The fraction of sp³-hybridized carbons (Fsp3) is 0.250. The zero-order chi connectivity index (χ0) is 17.2. The van der Waals surface area contributed by atoms with E-state index in [1.165, 1.54) is 17.7 Å². The smallest absolute Gasteiger partial charge is 0.160 e. The van der Waals surface area contributed by atoms with Crippen molar-refractivity contribution in [3.63, 3.8) is 0 Å². The van der Waals surface area contributed by atoms with E-state index in [-0.39, 0.29) is 5.82 Å². The Balaban J connectivity index is 2.24. The third-order valence-corrected chi connectivity index (χ3v) is 4.34. The molecule has 0 aliphatic rings. The van der Waals surface area contributed by atoms with Crippen molar-refractivity contribution in [2.24, 2.45) is 4.99 Å².